The smallest absolute Gasteiger partial charge is 1.00 e. The van der Waals surface area contributed by atoms with Crippen molar-refractivity contribution in [2.24, 2.45) is 0 Å². The van der Waals surface area contributed by atoms with Crippen LogP contribution in [0.15, 0.2) is 24.3 Å². The molecular weight excluding hydrogens is 274 g/mol. The Labute approximate surface area is 159 Å². The number of phenols is 2. The number of phenolic OH excluding ortho intramolecular Hbond substituents is 2. The predicted octanol–water partition coefficient (Wildman–Crippen LogP) is -0.972. The zero-order valence-corrected chi connectivity index (χ0v) is 15.3. The molecule has 0 amide bonds. The Kier molecular flexibility index (Phi) is 13.9. The van der Waals surface area contributed by atoms with E-state index < -0.39 is 7.32 Å². The van der Waals surface area contributed by atoms with Gasteiger partial charge in [-0.1, -0.05) is 12.1 Å². The van der Waals surface area contributed by atoms with Crippen molar-refractivity contribution in [3.8, 4) is 11.5 Å². The van der Waals surface area contributed by atoms with Crippen LogP contribution in [0.3, 0.4) is 0 Å². The van der Waals surface area contributed by atoms with Crippen LogP contribution < -0.4 is 51.4 Å². The van der Waals surface area contributed by atoms with Crippen LogP contribution in [-0.2, 0) is 9.31 Å². The summed E-state index contributed by atoms with van der Waals surface area (Å²) in [5.41, 5.74) is 0. The molecule has 0 heterocycles. The molecule has 0 fully saturated rings. The predicted molar refractivity (Wildman–Crippen MR) is 71.3 cm³/mol. The molecule has 0 aliphatic rings. The maximum absolute atomic E-state index is 8.95. The van der Waals surface area contributed by atoms with Crippen LogP contribution >= 0.6 is 0 Å². The number of benzene rings is 1. The Hall–Kier alpha value is 0.401. The van der Waals surface area contributed by atoms with Gasteiger partial charge in [0.15, 0.2) is 11.5 Å². The van der Waals surface area contributed by atoms with Gasteiger partial charge < -0.3 is 26.0 Å². The molecule has 0 aliphatic carbocycles. The fourth-order valence-electron chi connectivity index (χ4n) is 0.962. The summed E-state index contributed by atoms with van der Waals surface area (Å²) in [6.45, 7) is 7.36. The van der Waals surface area contributed by atoms with E-state index in [9.17, 15) is 0 Å². The fourth-order valence-corrected chi connectivity index (χ4v) is 0.962. The molecule has 0 unspecified atom stereocenters. The monoisotopic (exact) mass is 296 g/mol. The molecule has 0 bridgehead atoms. The molecule has 104 valence electrons. The second-order valence-electron chi connectivity index (χ2n) is 4.17. The van der Waals surface area contributed by atoms with E-state index in [0.29, 0.717) is 0 Å². The maximum Gasteiger partial charge on any atom is 1.00 e. The van der Waals surface area contributed by atoms with E-state index in [1.54, 1.807) is 12.1 Å². The van der Waals surface area contributed by atoms with Crippen molar-refractivity contribution >= 4 is 7.32 Å². The Morgan fingerprint density at radius 2 is 1.26 bits per heavy atom. The van der Waals surface area contributed by atoms with Crippen molar-refractivity contribution < 1.29 is 77.4 Å². The summed E-state index contributed by atoms with van der Waals surface area (Å²) < 4.78 is 9.79. The standard InChI is InChI=1S/C6H15BO3.C6H6O2.K.H/c1-5(2)9-7(8)10-6(3)4;7-5-3-1-2-4-6(5)8;;/h5-6,8H,1-4H3;1-4,7-8H;;/q;;+1;-1. The second-order valence-corrected chi connectivity index (χ2v) is 4.17. The van der Waals surface area contributed by atoms with Crippen LogP contribution in [0.1, 0.15) is 29.1 Å². The van der Waals surface area contributed by atoms with Gasteiger partial charge in [-0.3, -0.25) is 0 Å². The average molecular weight is 296 g/mol. The summed E-state index contributed by atoms with van der Waals surface area (Å²) in [5.74, 6) is -0.153. The molecule has 0 radical (unpaired) electrons. The zero-order valence-electron chi connectivity index (χ0n) is 13.2. The molecule has 0 saturated heterocycles. The minimum atomic E-state index is -1.08. The molecular formula is C12H22BKO5. The third-order valence-electron chi connectivity index (χ3n) is 1.66. The van der Waals surface area contributed by atoms with Crippen LogP contribution in [-0.4, -0.2) is 34.8 Å². The van der Waals surface area contributed by atoms with E-state index in [4.69, 9.17) is 24.5 Å². The van der Waals surface area contributed by atoms with Gasteiger partial charge in [-0.05, 0) is 39.8 Å². The topological polar surface area (TPSA) is 79.2 Å². The van der Waals surface area contributed by atoms with E-state index in [2.05, 4.69) is 0 Å². The molecule has 1 rings (SSSR count). The first-order valence-corrected chi connectivity index (χ1v) is 5.78. The van der Waals surface area contributed by atoms with Gasteiger partial charge in [-0.2, -0.15) is 0 Å². The molecule has 0 atom stereocenters. The Morgan fingerprint density at radius 1 is 0.947 bits per heavy atom. The molecule has 0 aliphatic heterocycles. The minimum Gasteiger partial charge on any atom is -1.00 e. The first-order chi connectivity index (χ1) is 8.32. The van der Waals surface area contributed by atoms with Gasteiger partial charge in [0, 0.05) is 12.2 Å². The van der Waals surface area contributed by atoms with Crippen molar-refractivity contribution in [1.29, 1.82) is 0 Å². The molecule has 5 nitrogen and oxygen atoms in total. The first-order valence-electron chi connectivity index (χ1n) is 5.78. The number of rotatable bonds is 4. The summed E-state index contributed by atoms with van der Waals surface area (Å²) in [6.07, 6.45) is -0.0116. The van der Waals surface area contributed by atoms with Crippen molar-refractivity contribution in [3.05, 3.63) is 24.3 Å². The Balaban J connectivity index is -0.000000266. The van der Waals surface area contributed by atoms with E-state index in [0.717, 1.165) is 0 Å². The summed E-state index contributed by atoms with van der Waals surface area (Å²) >= 11 is 0. The van der Waals surface area contributed by atoms with Crippen molar-refractivity contribution in [1.82, 2.24) is 0 Å². The summed E-state index contributed by atoms with van der Waals surface area (Å²) in [5, 5.41) is 26.3. The van der Waals surface area contributed by atoms with E-state index in [-0.39, 0.29) is 76.5 Å². The van der Waals surface area contributed by atoms with Crippen molar-refractivity contribution in [2.75, 3.05) is 0 Å². The number of para-hydroxylation sites is 2. The molecule has 0 saturated carbocycles. The zero-order chi connectivity index (χ0) is 14.1. The summed E-state index contributed by atoms with van der Waals surface area (Å²) in [6, 6.07) is 6.15. The Bertz CT molecular complexity index is 310. The SMILES string of the molecule is CC(C)OB(O)OC(C)C.Oc1ccccc1O.[H-].[K+]. The number of aromatic hydroxyl groups is 2. The number of hydrogen-bond acceptors (Lipinski definition) is 5. The molecule has 0 aromatic heterocycles. The molecule has 3 N–H and O–H groups in total. The van der Waals surface area contributed by atoms with Crippen molar-refractivity contribution in [2.45, 2.75) is 39.9 Å². The van der Waals surface area contributed by atoms with Gasteiger partial charge >= 0.3 is 58.7 Å². The average Bonchev–Trinajstić information content (AvgIpc) is 2.21. The van der Waals surface area contributed by atoms with Crippen LogP contribution in [0.25, 0.3) is 0 Å². The van der Waals surface area contributed by atoms with Gasteiger partial charge in [0.05, 0.1) is 0 Å². The molecule has 7 heteroatoms. The van der Waals surface area contributed by atoms with Gasteiger partial charge in [-0.25, -0.2) is 0 Å². The molecule has 1 aromatic carbocycles. The fraction of sp³-hybridized carbons (Fsp3) is 0.500. The maximum atomic E-state index is 8.95. The van der Waals surface area contributed by atoms with Crippen LogP contribution in [0.2, 0.25) is 0 Å². The summed E-state index contributed by atoms with van der Waals surface area (Å²) in [4.78, 5) is 0. The van der Waals surface area contributed by atoms with Gasteiger partial charge in [0.25, 0.3) is 0 Å². The van der Waals surface area contributed by atoms with E-state index in [1.807, 2.05) is 27.7 Å². The molecule has 0 spiro atoms. The van der Waals surface area contributed by atoms with Gasteiger partial charge in [0.2, 0.25) is 0 Å². The van der Waals surface area contributed by atoms with Gasteiger partial charge in [-0.15, -0.1) is 0 Å². The quantitative estimate of drug-likeness (QED) is 0.492. The Morgan fingerprint density at radius 3 is 1.47 bits per heavy atom. The van der Waals surface area contributed by atoms with Crippen LogP contribution in [0.4, 0.5) is 0 Å². The number of hydrogen-bond donors (Lipinski definition) is 3. The summed E-state index contributed by atoms with van der Waals surface area (Å²) in [7, 11) is -1.08. The first kappa shape index (κ1) is 21.7. The largest absolute Gasteiger partial charge is 1.00 e. The minimum absolute atomic E-state index is 0. The molecule has 19 heavy (non-hydrogen) atoms. The van der Waals surface area contributed by atoms with Gasteiger partial charge in [0.1, 0.15) is 0 Å². The normalized spacial score (nSPS) is 9.63. The third-order valence-corrected chi connectivity index (χ3v) is 1.66. The van der Waals surface area contributed by atoms with Crippen molar-refractivity contribution in [3.63, 3.8) is 0 Å². The van der Waals surface area contributed by atoms with E-state index in [1.165, 1.54) is 12.1 Å². The van der Waals surface area contributed by atoms with E-state index >= 15 is 0 Å². The third kappa shape index (κ3) is 13.2. The van der Waals surface area contributed by atoms with Crippen LogP contribution in [0.5, 0.6) is 11.5 Å². The van der Waals surface area contributed by atoms with Crippen LogP contribution in [0, 0.1) is 0 Å². The molecule has 1 aromatic rings. The second kappa shape index (κ2) is 12.2.